The minimum absolute atomic E-state index is 0.0646. The van der Waals surface area contributed by atoms with Crippen LogP contribution in [0.4, 0.5) is 10.7 Å². The van der Waals surface area contributed by atoms with E-state index in [1.54, 1.807) is 6.92 Å². The van der Waals surface area contributed by atoms with Crippen molar-refractivity contribution in [3.8, 4) is 0 Å². The van der Waals surface area contributed by atoms with E-state index in [2.05, 4.69) is 15.5 Å². The third-order valence-electron chi connectivity index (χ3n) is 6.69. The normalized spacial score (nSPS) is 15.0. The summed E-state index contributed by atoms with van der Waals surface area (Å²) in [5, 5.41) is 6.63. The zero-order valence-corrected chi connectivity index (χ0v) is 21.7. The van der Waals surface area contributed by atoms with Crippen molar-refractivity contribution in [3.63, 3.8) is 0 Å². The summed E-state index contributed by atoms with van der Waals surface area (Å²) >= 11 is 1.50. The molecule has 2 aromatic rings. The van der Waals surface area contributed by atoms with Crippen molar-refractivity contribution in [2.45, 2.75) is 71.8 Å². The number of para-hydroxylation sites is 1. The van der Waals surface area contributed by atoms with Gasteiger partial charge >= 0.3 is 5.97 Å². The molecule has 1 fully saturated rings. The van der Waals surface area contributed by atoms with Crippen LogP contribution in [0.25, 0.3) is 0 Å². The molecule has 0 radical (unpaired) electrons. The zero-order valence-electron chi connectivity index (χ0n) is 20.9. The average Bonchev–Trinajstić information content (AvgIpc) is 3.60. The molecule has 0 saturated heterocycles. The Morgan fingerprint density at radius 1 is 1.06 bits per heavy atom. The van der Waals surface area contributed by atoms with Gasteiger partial charge in [-0.1, -0.05) is 18.2 Å². The summed E-state index contributed by atoms with van der Waals surface area (Å²) in [6, 6.07) is 6.29. The molecule has 1 aromatic carbocycles. The smallest absolute Gasteiger partial charge is 0.341 e. The van der Waals surface area contributed by atoms with E-state index in [0.29, 0.717) is 29.8 Å². The van der Waals surface area contributed by atoms with Crippen LogP contribution in [0.2, 0.25) is 0 Å². The van der Waals surface area contributed by atoms with Gasteiger partial charge in [0.15, 0.2) is 0 Å². The minimum atomic E-state index is -0.357. The molecule has 8 heteroatoms. The lowest BCUT2D eigenvalue weighted by Crippen LogP contribution is -2.37. The highest BCUT2D eigenvalue weighted by molar-refractivity contribution is 7.17. The molecule has 0 atom stereocenters. The number of carbonyl (C=O) groups excluding carboxylic acids is 3. The number of hydrogen-bond donors (Lipinski definition) is 2. The van der Waals surface area contributed by atoms with E-state index in [9.17, 15) is 14.4 Å². The average molecular weight is 498 g/mol. The quantitative estimate of drug-likeness (QED) is 0.458. The molecule has 0 unspecified atom stereocenters. The Balaban J connectivity index is 1.37. The predicted octanol–water partition coefficient (Wildman–Crippen LogP) is 4.85. The summed E-state index contributed by atoms with van der Waals surface area (Å²) in [6.07, 6.45) is 6.28. The van der Waals surface area contributed by atoms with Gasteiger partial charge < -0.3 is 15.4 Å². The highest BCUT2D eigenvalue weighted by atomic mass is 32.1. The van der Waals surface area contributed by atoms with Crippen LogP contribution in [0.1, 0.15) is 71.0 Å². The SMILES string of the molecule is CCOC(=O)c1c(NC(=O)CCN(CC(=O)Nc2c(C)cccc2C)C2CC2)sc2c1CCCC2. The van der Waals surface area contributed by atoms with Gasteiger partial charge in [0.05, 0.1) is 18.7 Å². The van der Waals surface area contributed by atoms with Crippen molar-refractivity contribution in [2.75, 3.05) is 30.3 Å². The number of rotatable bonds is 10. The maximum atomic E-state index is 12.9. The molecule has 0 aliphatic heterocycles. The second-order valence-corrected chi connectivity index (χ2v) is 10.6. The molecular weight excluding hydrogens is 462 g/mol. The first kappa shape index (κ1) is 25.4. The fourth-order valence-corrected chi connectivity index (χ4v) is 6.01. The van der Waals surface area contributed by atoms with E-state index in [1.807, 2.05) is 32.0 Å². The van der Waals surface area contributed by atoms with Crippen LogP contribution >= 0.6 is 11.3 Å². The molecule has 1 saturated carbocycles. The standard InChI is InChI=1S/C27H35N3O4S/c1-4-34-27(33)24-20-10-5-6-11-21(20)35-26(24)29-22(31)14-15-30(19-12-13-19)16-23(32)28-25-17(2)8-7-9-18(25)3/h7-9,19H,4-6,10-16H2,1-3H3,(H,28,32)(H,29,31). The second kappa shape index (κ2) is 11.4. The molecule has 0 spiro atoms. The highest BCUT2D eigenvalue weighted by Gasteiger charge is 2.31. The Labute approximate surface area is 211 Å². The largest absolute Gasteiger partial charge is 0.462 e. The van der Waals surface area contributed by atoms with Gasteiger partial charge in [0.2, 0.25) is 11.8 Å². The number of aryl methyl sites for hydroxylation is 3. The predicted molar refractivity (Wildman–Crippen MR) is 139 cm³/mol. The molecule has 2 N–H and O–H groups in total. The third-order valence-corrected chi connectivity index (χ3v) is 7.89. The van der Waals surface area contributed by atoms with Crippen molar-refractivity contribution >= 4 is 39.8 Å². The molecule has 188 valence electrons. The van der Waals surface area contributed by atoms with Crippen molar-refractivity contribution in [1.29, 1.82) is 0 Å². The number of thiophene rings is 1. The highest BCUT2D eigenvalue weighted by Crippen LogP contribution is 2.38. The molecule has 35 heavy (non-hydrogen) atoms. The van der Waals surface area contributed by atoms with Gasteiger partial charge in [-0.2, -0.15) is 0 Å². The van der Waals surface area contributed by atoms with Gasteiger partial charge in [-0.15, -0.1) is 11.3 Å². The lowest BCUT2D eigenvalue weighted by atomic mass is 9.95. The van der Waals surface area contributed by atoms with Crippen LogP contribution in [0.3, 0.4) is 0 Å². The number of esters is 1. The molecule has 2 aliphatic carbocycles. The first-order valence-corrected chi connectivity index (χ1v) is 13.4. The van der Waals surface area contributed by atoms with E-state index >= 15 is 0 Å². The maximum absolute atomic E-state index is 12.9. The molecule has 2 aliphatic rings. The molecule has 2 amide bonds. The number of nitrogens with zero attached hydrogens (tertiary/aromatic N) is 1. The number of hydrogen-bond acceptors (Lipinski definition) is 6. The van der Waals surface area contributed by atoms with E-state index < -0.39 is 0 Å². The monoisotopic (exact) mass is 497 g/mol. The fraction of sp³-hybridized carbons (Fsp3) is 0.519. The lowest BCUT2D eigenvalue weighted by molar-refractivity contribution is -0.119. The molecule has 1 aromatic heterocycles. The summed E-state index contributed by atoms with van der Waals surface area (Å²) in [5.74, 6) is -0.565. The number of nitrogens with one attached hydrogen (secondary N) is 2. The van der Waals surface area contributed by atoms with Gasteiger partial charge in [0.1, 0.15) is 5.00 Å². The van der Waals surface area contributed by atoms with Gasteiger partial charge in [-0.25, -0.2) is 4.79 Å². The number of amides is 2. The van der Waals surface area contributed by atoms with Crippen LogP contribution in [-0.2, 0) is 27.2 Å². The summed E-state index contributed by atoms with van der Waals surface area (Å²) in [4.78, 5) is 41.6. The van der Waals surface area contributed by atoms with Crippen molar-refractivity contribution in [2.24, 2.45) is 0 Å². The van der Waals surface area contributed by atoms with E-state index in [-0.39, 0.29) is 30.7 Å². The van der Waals surface area contributed by atoms with Crippen LogP contribution in [0, 0.1) is 13.8 Å². The molecule has 7 nitrogen and oxygen atoms in total. The van der Waals surface area contributed by atoms with Crippen LogP contribution < -0.4 is 10.6 Å². The third kappa shape index (κ3) is 6.30. The first-order valence-electron chi connectivity index (χ1n) is 12.6. The Kier molecular flexibility index (Phi) is 8.23. The Bertz CT molecular complexity index is 1090. The lowest BCUT2D eigenvalue weighted by Gasteiger charge is -2.22. The first-order chi connectivity index (χ1) is 16.9. The van der Waals surface area contributed by atoms with E-state index in [0.717, 1.165) is 60.9 Å². The molecular formula is C27H35N3O4S. The van der Waals surface area contributed by atoms with Gasteiger partial charge in [-0.05, 0) is 76.0 Å². The number of ether oxygens (including phenoxy) is 1. The Hall–Kier alpha value is -2.71. The number of benzene rings is 1. The van der Waals surface area contributed by atoms with Crippen LogP contribution in [0.15, 0.2) is 18.2 Å². The zero-order chi connectivity index (χ0) is 24.9. The molecule has 4 rings (SSSR count). The molecule has 1 heterocycles. The van der Waals surface area contributed by atoms with Crippen molar-refractivity contribution < 1.29 is 19.1 Å². The number of anilines is 2. The number of fused-ring (bicyclic) bond motifs is 1. The Morgan fingerprint density at radius 2 is 1.77 bits per heavy atom. The van der Waals surface area contributed by atoms with E-state index in [1.165, 1.54) is 16.2 Å². The van der Waals surface area contributed by atoms with Crippen LogP contribution in [-0.4, -0.2) is 48.4 Å². The number of carbonyl (C=O) groups is 3. The van der Waals surface area contributed by atoms with Gasteiger partial charge in [0.25, 0.3) is 0 Å². The summed E-state index contributed by atoms with van der Waals surface area (Å²) < 4.78 is 5.29. The molecule has 0 bridgehead atoms. The van der Waals surface area contributed by atoms with Gasteiger partial charge in [-0.3, -0.25) is 14.5 Å². The summed E-state index contributed by atoms with van der Waals surface area (Å²) in [5.41, 5.74) is 4.50. The fourth-order valence-electron chi connectivity index (χ4n) is 4.71. The topological polar surface area (TPSA) is 87.7 Å². The Morgan fingerprint density at radius 3 is 2.46 bits per heavy atom. The maximum Gasteiger partial charge on any atom is 0.341 e. The second-order valence-electron chi connectivity index (χ2n) is 9.45. The van der Waals surface area contributed by atoms with Crippen molar-refractivity contribution in [1.82, 2.24) is 4.90 Å². The van der Waals surface area contributed by atoms with E-state index in [4.69, 9.17) is 4.74 Å². The summed E-state index contributed by atoms with van der Waals surface area (Å²) in [6.45, 7) is 6.82. The van der Waals surface area contributed by atoms with Gasteiger partial charge in [0, 0.05) is 29.6 Å². The van der Waals surface area contributed by atoms with Crippen molar-refractivity contribution in [3.05, 3.63) is 45.3 Å². The summed E-state index contributed by atoms with van der Waals surface area (Å²) in [7, 11) is 0. The van der Waals surface area contributed by atoms with Crippen LogP contribution in [0.5, 0.6) is 0 Å². The minimum Gasteiger partial charge on any atom is -0.462 e.